The summed E-state index contributed by atoms with van der Waals surface area (Å²) in [5, 5.41) is 6.16. The second kappa shape index (κ2) is 8.84. The monoisotopic (exact) mass is 399 g/mol. The average Bonchev–Trinajstić information content (AvgIpc) is 2.75. The number of esters is 1. The fourth-order valence-corrected chi connectivity index (χ4v) is 4.51. The molecule has 1 saturated heterocycles. The standard InChI is InChI=1S/C22H29N3O4/c26-20(19-14-15-6-4-5-9-18(15)21(27)29-19)23-17-10-12-25(13-11-17)22(28)24-16-7-2-1-3-8-16/h4-6,9,16-17,19H,1-3,7-8,10-14H2,(H,23,26)(H,24,28)/t19-/m0/s1. The van der Waals surface area contributed by atoms with Crippen molar-refractivity contribution in [1.82, 2.24) is 15.5 Å². The van der Waals surface area contributed by atoms with Crippen LogP contribution in [-0.2, 0) is 16.0 Å². The molecule has 2 fully saturated rings. The van der Waals surface area contributed by atoms with Crippen molar-refractivity contribution in [2.24, 2.45) is 0 Å². The number of carbonyl (C=O) groups excluding carboxylic acids is 3. The van der Waals surface area contributed by atoms with Gasteiger partial charge in [-0.2, -0.15) is 0 Å². The third-order valence-electron chi connectivity index (χ3n) is 6.25. The van der Waals surface area contributed by atoms with Gasteiger partial charge in [0.05, 0.1) is 5.56 Å². The van der Waals surface area contributed by atoms with Gasteiger partial charge in [-0.05, 0) is 37.3 Å². The number of likely N-dealkylation sites (tertiary alicyclic amines) is 1. The molecule has 7 nitrogen and oxygen atoms in total. The van der Waals surface area contributed by atoms with Crippen molar-refractivity contribution >= 4 is 17.9 Å². The predicted octanol–water partition coefficient (Wildman–Crippen LogP) is 2.39. The highest BCUT2D eigenvalue weighted by molar-refractivity contribution is 5.95. The molecule has 0 bridgehead atoms. The molecule has 29 heavy (non-hydrogen) atoms. The molecule has 4 rings (SSSR count). The van der Waals surface area contributed by atoms with E-state index in [0.29, 0.717) is 44.0 Å². The van der Waals surface area contributed by atoms with Crippen molar-refractivity contribution in [3.05, 3.63) is 35.4 Å². The minimum atomic E-state index is -0.787. The molecule has 1 aromatic carbocycles. The maximum atomic E-state index is 12.6. The van der Waals surface area contributed by atoms with E-state index in [-0.39, 0.29) is 18.0 Å². The van der Waals surface area contributed by atoms with Gasteiger partial charge < -0.3 is 20.3 Å². The van der Waals surface area contributed by atoms with E-state index in [9.17, 15) is 14.4 Å². The molecule has 2 heterocycles. The number of carbonyl (C=O) groups is 3. The normalized spacial score (nSPS) is 23.1. The van der Waals surface area contributed by atoms with E-state index >= 15 is 0 Å². The van der Waals surface area contributed by atoms with Crippen LogP contribution in [0.5, 0.6) is 0 Å². The topological polar surface area (TPSA) is 87.7 Å². The molecule has 0 aromatic heterocycles. The second-order valence-electron chi connectivity index (χ2n) is 8.31. The van der Waals surface area contributed by atoms with Gasteiger partial charge in [-0.3, -0.25) is 4.79 Å². The van der Waals surface area contributed by atoms with Crippen LogP contribution in [0.1, 0.15) is 60.9 Å². The lowest BCUT2D eigenvalue weighted by Crippen LogP contribution is -2.53. The Morgan fingerprint density at radius 3 is 2.38 bits per heavy atom. The number of hydrogen-bond acceptors (Lipinski definition) is 4. The number of rotatable bonds is 3. The molecular formula is C22H29N3O4. The lowest BCUT2D eigenvalue weighted by molar-refractivity contribution is -0.131. The molecule has 2 aliphatic heterocycles. The van der Waals surface area contributed by atoms with Gasteiger partial charge in [0, 0.05) is 31.6 Å². The van der Waals surface area contributed by atoms with Crippen LogP contribution < -0.4 is 10.6 Å². The first-order valence-corrected chi connectivity index (χ1v) is 10.7. The summed E-state index contributed by atoms with van der Waals surface area (Å²) in [6.07, 6.45) is 6.82. The molecule has 3 aliphatic rings. The molecule has 1 atom stereocenters. The van der Waals surface area contributed by atoms with Crippen molar-refractivity contribution in [2.75, 3.05) is 13.1 Å². The van der Waals surface area contributed by atoms with Gasteiger partial charge in [0.15, 0.2) is 6.10 Å². The van der Waals surface area contributed by atoms with Gasteiger partial charge in [-0.1, -0.05) is 37.5 Å². The number of cyclic esters (lactones) is 1. The van der Waals surface area contributed by atoms with E-state index in [1.54, 1.807) is 12.1 Å². The zero-order valence-corrected chi connectivity index (χ0v) is 16.7. The highest BCUT2D eigenvalue weighted by Crippen LogP contribution is 2.21. The van der Waals surface area contributed by atoms with Crippen LogP contribution in [-0.4, -0.2) is 54.1 Å². The summed E-state index contributed by atoms with van der Waals surface area (Å²) in [4.78, 5) is 39.0. The number of nitrogens with one attached hydrogen (secondary N) is 2. The van der Waals surface area contributed by atoms with Crippen molar-refractivity contribution in [3.63, 3.8) is 0 Å². The third kappa shape index (κ3) is 4.71. The van der Waals surface area contributed by atoms with Crippen LogP contribution in [0.2, 0.25) is 0 Å². The molecule has 2 N–H and O–H groups in total. The quantitative estimate of drug-likeness (QED) is 0.764. The molecule has 1 aliphatic carbocycles. The van der Waals surface area contributed by atoms with E-state index in [4.69, 9.17) is 4.74 Å². The van der Waals surface area contributed by atoms with Gasteiger partial charge in [0.1, 0.15) is 0 Å². The minimum Gasteiger partial charge on any atom is -0.448 e. The summed E-state index contributed by atoms with van der Waals surface area (Å²) in [6, 6.07) is 7.55. The number of nitrogens with zero attached hydrogens (tertiary/aromatic N) is 1. The van der Waals surface area contributed by atoms with E-state index in [1.807, 2.05) is 17.0 Å². The van der Waals surface area contributed by atoms with Crippen LogP contribution >= 0.6 is 0 Å². The van der Waals surface area contributed by atoms with Crippen LogP contribution in [0.25, 0.3) is 0 Å². The number of amides is 3. The lowest BCUT2D eigenvalue weighted by atomic mass is 9.95. The number of fused-ring (bicyclic) bond motifs is 1. The van der Waals surface area contributed by atoms with Crippen molar-refractivity contribution < 1.29 is 19.1 Å². The second-order valence-corrected chi connectivity index (χ2v) is 8.31. The van der Waals surface area contributed by atoms with E-state index in [2.05, 4.69) is 10.6 Å². The molecule has 0 unspecified atom stereocenters. The molecule has 0 spiro atoms. The number of urea groups is 1. The van der Waals surface area contributed by atoms with Crippen LogP contribution in [0.4, 0.5) is 4.79 Å². The Morgan fingerprint density at radius 2 is 1.62 bits per heavy atom. The summed E-state index contributed by atoms with van der Waals surface area (Å²) in [5.74, 6) is -0.695. The van der Waals surface area contributed by atoms with Gasteiger partial charge >= 0.3 is 12.0 Å². The van der Waals surface area contributed by atoms with Gasteiger partial charge in [-0.25, -0.2) is 9.59 Å². The number of benzene rings is 1. The van der Waals surface area contributed by atoms with Crippen molar-refractivity contribution in [3.8, 4) is 0 Å². The van der Waals surface area contributed by atoms with Crippen molar-refractivity contribution in [2.45, 2.75) is 69.6 Å². The molecule has 1 aromatic rings. The van der Waals surface area contributed by atoms with E-state index in [1.165, 1.54) is 19.3 Å². The van der Waals surface area contributed by atoms with Gasteiger partial charge in [0.25, 0.3) is 5.91 Å². The highest BCUT2D eigenvalue weighted by Gasteiger charge is 2.33. The summed E-state index contributed by atoms with van der Waals surface area (Å²) >= 11 is 0. The molecule has 0 radical (unpaired) electrons. The summed E-state index contributed by atoms with van der Waals surface area (Å²) in [5.41, 5.74) is 1.38. The Hall–Kier alpha value is -2.57. The zero-order valence-electron chi connectivity index (χ0n) is 16.7. The predicted molar refractivity (Wildman–Crippen MR) is 107 cm³/mol. The van der Waals surface area contributed by atoms with Gasteiger partial charge in [-0.15, -0.1) is 0 Å². The Balaban J connectivity index is 1.24. The minimum absolute atomic E-state index is 0.00268. The third-order valence-corrected chi connectivity index (χ3v) is 6.25. The lowest BCUT2D eigenvalue weighted by Gasteiger charge is -2.35. The number of ether oxygens (including phenoxy) is 1. The van der Waals surface area contributed by atoms with Gasteiger partial charge in [0.2, 0.25) is 0 Å². The highest BCUT2D eigenvalue weighted by atomic mass is 16.5. The zero-order chi connectivity index (χ0) is 20.2. The molecule has 7 heteroatoms. The van der Waals surface area contributed by atoms with Crippen LogP contribution in [0.3, 0.4) is 0 Å². The Morgan fingerprint density at radius 1 is 0.931 bits per heavy atom. The number of piperidine rings is 1. The largest absolute Gasteiger partial charge is 0.448 e. The summed E-state index contributed by atoms with van der Waals surface area (Å²) in [7, 11) is 0. The fraction of sp³-hybridized carbons (Fsp3) is 0.591. The smallest absolute Gasteiger partial charge is 0.339 e. The maximum absolute atomic E-state index is 12.6. The van der Waals surface area contributed by atoms with E-state index in [0.717, 1.165) is 18.4 Å². The summed E-state index contributed by atoms with van der Waals surface area (Å²) in [6.45, 7) is 1.24. The fourth-order valence-electron chi connectivity index (χ4n) is 4.51. The first kappa shape index (κ1) is 19.7. The van der Waals surface area contributed by atoms with Crippen molar-refractivity contribution in [1.29, 1.82) is 0 Å². The first-order chi connectivity index (χ1) is 14.1. The first-order valence-electron chi connectivity index (χ1n) is 10.7. The summed E-state index contributed by atoms with van der Waals surface area (Å²) < 4.78 is 5.33. The molecule has 1 saturated carbocycles. The molecule has 3 amide bonds. The maximum Gasteiger partial charge on any atom is 0.339 e. The molecule has 156 valence electrons. The Bertz CT molecular complexity index is 767. The Kier molecular flexibility index (Phi) is 6.02. The van der Waals surface area contributed by atoms with E-state index < -0.39 is 12.1 Å². The Labute approximate surface area is 171 Å². The SMILES string of the molecule is O=C1O[C@H](C(=O)NC2CCN(C(=O)NC3CCCCC3)CC2)Cc2ccccc21. The van der Waals surface area contributed by atoms with Crippen LogP contribution in [0, 0.1) is 0 Å². The molecular weight excluding hydrogens is 370 g/mol. The average molecular weight is 399 g/mol. The van der Waals surface area contributed by atoms with Crippen LogP contribution in [0.15, 0.2) is 24.3 Å². The number of hydrogen-bond donors (Lipinski definition) is 2.